The summed E-state index contributed by atoms with van der Waals surface area (Å²) in [5.74, 6) is 0.862. The number of hydrogen-bond acceptors (Lipinski definition) is 6. The Morgan fingerprint density at radius 1 is 1.13 bits per heavy atom. The second-order valence-corrected chi connectivity index (χ2v) is 8.73. The topological polar surface area (TPSA) is 89.6 Å². The fourth-order valence-corrected chi connectivity index (χ4v) is 4.81. The Bertz CT molecular complexity index is 1160. The van der Waals surface area contributed by atoms with Crippen molar-refractivity contribution in [3.63, 3.8) is 0 Å². The summed E-state index contributed by atoms with van der Waals surface area (Å²) in [5, 5.41) is 6.39. The molecule has 8 heteroatoms. The normalized spacial score (nSPS) is 16.1. The minimum Gasteiger partial charge on any atom is -0.454 e. The highest BCUT2D eigenvalue weighted by Crippen LogP contribution is 2.38. The number of nitrogens with zero attached hydrogens (tertiary/aromatic N) is 1. The largest absolute Gasteiger partial charge is 0.454 e. The molecule has 31 heavy (non-hydrogen) atoms. The van der Waals surface area contributed by atoms with Crippen LogP contribution in [0.1, 0.15) is 44.4 Å². The van der Waals surface area contributed by atoms with E-state index < -0.39 is 0 Å². The molecule has 0 radical (unpaired) electrons. The number of hydrogen-bond donors (Lipinski definition) is 2. The molecule has 0 fully saturated rings. The summed E-state index contributed by atoms with van der Waals surface area (Å²) in [4.78, 5) is 30.9. The van der Waals surface area contributed by atoms with Crippen LogP contribution in [0, 0.1) is 6.92 Å². The number of carbonyl (C=O) groups is 2. The summed E-state index contributed by atoms with van der Waals surface area (Å²) in [6.45, 7) is 2.61. The highest BCUT2D eigenvalue weighted by molar-refractivity contribution is 7.16. The van der Waals surface area contributed by atoms with Crippen molar-refractivity contribution in [3.05, 3.63) is 69.7 Å². The van der Waals surface area contributed by atoms with Crippen molar-refractivity contribution < 1.29 is 19.1 Å². The van der Waals surface area contributed by atoms with Gasteiger partial charge in [-0.15, -0.1) is 11.3 Å². The van der Waals surface area contributed by atoms with Gasteiger partial charge in [-0.3, -0.25) is 14.9 Å². The first-order chi connectivity index (χ1) is 15.1. The van der Waals surface area contributed by atoms with Crippen molar-refractivity contribution in [2.24, 2.45) is 0 Å². The number of carbonyl (C=O) groups excluding carboxylic acids is 2. The highest BCUT2D eigenvalue weighted by atomic mass is 32.1. The average molecular weight is 436 g/mol. The molecule has 0 saturated heterocycles. The zero-order valence-electron chi connectivity index (χ0n) is 16.9. The molecule has 0 spiro atoms. The maximum Gasteiger partial charge on any atom is 0.257 e. The van der Waals surface area contributed by atoms with Crippen LogP contribution in [0.2, 0.25) is 0 Å². The third kappa shape index (κ3) is 3.98. The zero-order valence-corrected chi connectivity index (χ0v) is 17.8. The quantitative estimate of drug-likeness (QED) is 0.637. The maximum absolute atomic E-state index is 12.8. The van der Waals surface area contributed by atoms with Crippen LogP contribution in [0.15, 0.2) is 42.5 Å². The van der Waals surface area contributed by atoms with Gasteiger partial charge in [-0.25, -0.2) is 4.98 Å². The number of thiazole rings is 1. The summed E-state index contributed by atoms with van der Waals surface area (Å²) in [7, 11) is 0. The molecule has 2 aromatic carbocycles. The Kier molecular flexibility index (Phi) is 5.07. The van der Waals surface area contributed by atoms with Crippen LogP contribution in [-0.4, -0.2) is 23.6 Å². The number of aryl methyl sites for hydroxylation is 2. The zero-order chi connectivity index (χ0) is 21.4. The molecule has 158 valence electrons. The molecule has 0 unspecified atom stereocenters. The second-order valence-electron chi connectivity index (χ2n) is 7.64. The van der Waals surface area contributed by atoms with Crippen LogP contribution < -0.4 is 20.1 Å². The van der Waals surface area contributed by atoms with E-state index >= 15 is 0 Å². The van der Waals surface area contributed by atoms with E-state index in [1.165, 1.54) is 11.3 Å². The lowest BCUT2D eigenvalue weighted by molar-refractivity contribution is -0.122. The minimum atomic E-state index is -0.301. The Hall–Kier alpha value is -3.39. The predicted molar refractivity (Wildman–Crippen MR) is 117 cm³/mol. The molecular formula is C23H21N3O4S. The van der Waals surface area contributed by atoms with Crippen LogP contribution in [0.5, 0.6) is 11.5 Å². The molecule has 1 atom stereocenters. The molecule has 3 aromatic rings. The molecule has 1 aliphatic heterocycles. The van der Waals surface area contributed by atoms with E-state index in [0.717, 1.165) is 40.3 Å². The van der Waals surface area contributed by atoms with Crippen molar-refractivity contribution in [2.75, 3.05) is 12.1 Å². The third-order valence-electron chi connectivity index (χ3n) is 5.47. The van der Waals surface area contributed by atoms with Crippen LogP contribution >= 0.6 is 11.3 Å². The first-order valence-electron chi connectivity index (χ1n) is 10.1. The number of amides is 2. The van der Waals surface area contributed by atoms with Gasteiger partial charge in [0.05, 0.1) is 11.6 Å². The van der Waals surface area contributed by atoms with E-state index in [1.54, 1.807) is 12.1 Å². The number of benzene rings is 2. The van der Waals surface area contributed by atoms with Gasteiger partial charge in [0.15, 0.2) is 16.6 Å². The van der Waals surface area contributed by atoms with Crippen molar-refractivity contribution in [1.29, 1.82) is 0 Å². The van der Waals surface area contributed by atoms with Crippen LogP contribution in [0.3, 0.4) is 0 Å². The van der Waals surface area contributed by atoms with Gasteiger partial charge in [0, 0.05) is 17.0 Å². The smallest absolute Gasteiger partial charge is 0.257 e. The van der Waals surface area contributed by atoms with Gasteiger partial charge in [0.1, 0.15) is 0 Å². The monoisotopic (exact) mass is 435 g/mol. The van der Waals surface area contributed by atoms with Crippen LogP contribution in [0.4, 0.5) is 5.13 Å². The molecule has 7 nitrogen and oxygen atoms in total. The summed E-state index contributed by atoms with van der Waals surface area (Å²) in [5.41, 5.74) is 3.39. The Labute approximate surface area is 183 Å². The summed E-state index contributed by atoms with van der Waals surface area (Å²) in [6.07, 6.45) is 1.52. The minimum absolute atomic E-state index is 0.0573. The number of anilines is 1. The van der Waals surface area contributed by atoms with E-state index in [-0.39, 0.29) is 24.5 Å². The first kappa shape index (κ1) is 19.6. The molecular weight excluding hydrogens is 414 g/mol. The van der Waals surface area contributed by atoms with Gasteiger partial charge in [-0.2, -0.15) is 0 Å². The molecule has 2 amide bonds. The Balaban J connectivity index is 1.23. The molecule has 0 bridgehead atoms. The lowest BCUT2D eigenvalue weighted by Gasteiger charge is -2.11. The first-order valence-corrected chi connectivity index (χ1v) is 10.9. The third-order valence-corrected chi connectivity index (χ3v) is 6.52. The maximum atomic E-state index is 12.8. The average Bonchev–Trinajstić information content (AvgIpc) is 3.47. The van der Waals surface area contributed by atoms with Gasteiger partial charge in [-0.05, 0) is 49.6 Å². The summed E-state index contributed by atoms with van der Waals surface area (Å²) >= 11 is 1.44. The van der Waals surface area contributed by atoms with E-state index in [0.29, 0.717) is 23.0 Å². The Morgan fingerprint density at radius 2 is 1.94 bits per heavy atom. The molecule has 0 saturated carbocycles. The summed E-state index contributed by atoms with van der Waals surface area (Å²) in [6, 6.07) is 13.0. The van der Waals surface area contributed by atoms with Crippen molar-refractivity contribution in [1.82, 2.24) is 10.3 Å². The standard InChI is InChI=1S/C23H21N3O4S/c1-13-2-5-15(6-3-13)21(27)26-23-25-20-16(7-9-19(20)31-23)22(28)24-11-14-4-8-17-18(10-14)30-12-29-17/h2-6,8,10,16H,7,9,11-12H2,1H3,(H,24,28)(H,25,26,27)/t16-/m1/s1. The SMILES string of the molecule is Cc1ccc(C(=O)Nc2nc3c(s2)CC[C@H]3C(=O)NCc2ccc3c(c2)OCO3)cc1. The lowest BCUT2D eigenvalue weighted by Crippen LogP contribution is -2.28. The van der Waals surface area contributed by atoms with Gasteiger partial charge >= 0.3 is 0 Å². The molecule has 5 rings (SSSR count). The Morgan fingerprint density at radius 3 is 2.77 bits per heavy atom. The van der Waals surface area contributed by atoms with Gasteiger partial charge < -0.3 is 14.8 Å². The van der Waals surface area contributed by atoms with Crippen molar-refractivity contribution in [3.8, 4) is 11.5 Å². The fourth-order valence-electron chi connectivity index (χ4n) is 3.77. The molecule has 2 heterocycles. The number of nitrogens with one attached hydrogen (secondary N) is 2. The lowest BCUT2D eigenvalue weighted by atomic mass is 10.1. The molecule has 2 N–H and O–H groups in total. The van der Waals surface area contributed by atoms with E-state index in [4.69, 9.17) is 9.47 Å². The number of rotatable bonds is 5. The number of fused-ring (bicyclic) bond motifs is 2. The summed E-state index contributed by atoms with van der Waals surface area (Å²) < 4.78 is 10.7. The van der Waals surface area contributed by atoms with E-state index in [9.17, 15) is 9.59 Å². The van der Waals surface area contributed by atoms with Crippen molar-refractivity contribution >= 4 is 28.3 Å². The molecule has 2 aliphatic rings. The second kappa shape index (κ2) is 8.03. The van der Waals surface area contributed by atoms with E-state index in [1.807, 2.05) is 37.3 Å². The fraction of sp³-hybridized carbons (Fsp3) is 0.261. The molecule has 1 aromatic heterocycles. The van der Waals surface area contributed by atoms with Gasteiger partial charge in [0.25, 0.3) is 5.91 Å². The predicted octanol–water partition coefficient (Wildman–Crippen LogP) is 3.78. The number of ether oxygens (including phenoxy) is 2. The molecule has 1 aliphatic carbocycles. The highest BCUT2D eigenvalue weighted by Gasteiger charge is 2.32. The van der Waals surface area contributed by atoms with Crippen molar-refractivity contribution in [2.45, 2.75) is 32.2 Å². The van der Waals surface area contributed by atoms with Crippen LogP contribution in [0.25, 0.3) is 0 Å². The van der Waals surface area contributed by atoms with Crippen LogP contribution in [-0.2, 0) is 17.8 Å². The van der Waals surface area contributed by atoms with Gasteiger partial charge in [-0.1, -0.05) is 23.8 Å². The number of aromatic nitrogens is 1. The van der Waals surface area contributed by atoms with E-state index in [2.05, 4.69) is 15.6 Å². The van der Waals surface area contributed by atoms with Gasteiger partial charge in [0.2, 0.25) is 12.7 Å².